The molecule has 1 saturated heterocycles. The molecule has 6 nitrogen and oxygen atoms in total. The molecule has 0 saturated carbocycles. The number of ether oxygens (including phenoxy) is 1. The van der Waals surface area contributed by atoms with Gasteiger partial charge in [0.05, 0.1) is 16.1 Å². The van der Waals surface area contributed by atoms with Gasteiger partial charge >= 0.3 is 6.15 Å². The Morgan fingerprint density at radius 3 is 2.33 bits per heavy atom. The van der Waals surface area contributed by atoms with Crippen molar-refractivity contribution in [2.75, 3.05) is 18.0 Å². The van der Waals surface area contributed by atoms with Gasteiger partial charge in [-0.05, 0) is 79.8 Å². The van der Waals surface area contributed by atoms with Crippen LogP contribution in [-0.2, 0) is 9.59 Å². The summed E-state index contributed by atoms with van der Waals surface area (Å²) in [5, 5.41) is 0.692. The zero-order valence-corrected chi connectivity index (χ0v) is 19.3. The van der Waals surface area contributed by atoms with Gasteiger partial charge < -0.3 is 14.6 Å². The van der Waals surface area contributed by atoms with E-state index in [-0.39, 0.29) is 6.15 Å². The summed E-state index contributed by atoms with van der Waals surface area (Å²) in [6.07, 6.45) is 2.80. The molecular weight excluding hydrogens is 438 g/mol. The highest BCUT2D eigenvalue weighted by molar-refractivity contribution is 6.34. The minimum absolute atomic E-state index is 0.250. The number of aryl methyl sites for hydroxylation is 2. The lowest BCUT2D eigenvalue weighted by Crippen LogP contribution is -2.17. The van der Waals surface area contributed by atoms with Gasteiger partial charge in [-0.25, -0.2) is 0 Å². The number of hydrogen-bond donors (Lipinski definition) is 1. The van der Waals surface area contributed by atoms with E-state index in [9.17, 15) is 0 Å². The van der Waals surface area contributed by atoms with E-state index < -0.39 is 0 Å². The minimum Gasteiger partial charge on any atom is -0.426 e. The molecule has 1 fully saturated rings. The predicted molar refractivity (Wildman–Crippen MR) is 129 cm³/mol. The number of carbonyl (C=O) groups excluding carboxylic acids is 2. The fourth-order valence-electron chi connectivity index (χ4n) is 3.99. The Morgan fingerprint density at radius 2 is 1.67 bits per heavy atom. The lowest BCUT2D eigenvalue weighted by molar-refractivity contribution is -0.191. The largest absolute Gasteiger partial charge is 0.426 e. The smallest absolute Gasteiger partial charge is 0.373 e. The average Bonchev–Trinajstić information content (AvgIpc) is 3.46. The normalized spacial score (nSPS) is 12.9. The Kier molecular flexibility index (Phi) is 6.78. The SMILES string of the molecule is Cc1ccc(Oc2nc3cc(-c4ccc(N5CCCC5)cc4)c(Cl)cc3[nH]2)cc1C.O=C=O. The van der Waals surface area contributed by atoms with E-state index in [1.807, 2.05) is 30.3 Å². The third kappa shape index (κ3) is 5.08. The Morgan fingerprint density at radius 1 is 0.970 bits per heavy atom. The summed E-state index contributed by atoms with van der Waals surface area (Å²) in [4.78, 5) is 26.5. The molecule has 0 aliphatic carbocycles. The molecule has 1 aliphatic rings. The molecule has 4 aromatic rings. The second-order valence-corrected chi connectivity index (χ2v) is 8.47. The number of fused-ring (bicyclic) bond motifs is 1. The summed E-state index contributed by atoms with van der Waals surface area (Å²) >= 11 is 6.61. The molecule has 2 heterocycles. The fourth-order valence-corrected chi connectivity index (χ4v) is 4.27. The van der Waals surface area contributed by atoms with Crippen LogP contribution in [0.1, 0.15) is 24.0 Å². The first-order valence-electron chi connectivity index (χ1n) is 10.8. The highest BCUT2D eigenvalue weighted by Crippen LogP contribution is 2.34. The second kappa shape index (κ2) is 9.90. The molecule has 1 aliphatic heterocycles. The van der Waals surface area contributed by atoms with Crippen molar-refractivity contribution in [1.82, 2.24) is 9.97 Å². The highest BCUT2D eigenvalue weighted by Gasteiger charge is 2.14. The summed E-state index contributed by atoms with van der Waals surface area (Å²) in [5.74, 6) is 0.765. The van der Waals surface area contributed by atoms with Crippen LogP contribution in [0.25, 0.3) is 22.2 Å². The van der Waals surface area contributed by atoms with Crippen molar-refractivity contribution in [3.63, 3.8) is 0 Å². The number of nitrogens with zero attached hydrogens (tertiary/aromatic N) is 2. The molecule has 33 heavy (non-hydrogen) atoms. The highest BCUT2D eigenvalue weighted by atomic mass is 35.5. The number of aromatic nitrogens is 2. The van der Waals surface area contributed by atoms with Gasteiger partial charge in [0.2, 0.25) is 0 Å². The van der Waals surface area contributed by atoms with Crippen molar-refractivity contribution in [2.24, 2.45) is 0 Å². The summed E-state index contributed by atoms with van der Waals surface area (Å²) in [6.45, 7) is 6.44. The topological polar surface area (TPSA) is 75.3 Å². The van der Waals surface area contributed by atoms with Crippen LogP contribution < -0.4 is 9.64 Å². The van der Waals surface area contributed by atoms with Crippen LogP contribution in [-0.4, -0.2) is 29.2 Å². The van der Waals surface area contributed by atoms with E-state index in [0.717, 1.165) is 41.0 Å². The number of imidazole rings is 1. The lowest BCUT2D eigenvalue weighted by atomic mass is 10.0. The monoisotopic (exact) mass is 461 g/mol. The Labute approximate surface area is 197 Å². The van der Waals surface area contributed by atoms with Crippen LogP contribution in [0.15, 0.2) is 54.6 Å². The Balaban J connectivity index is 0.000000821. The van der Waals surface area contributed by atoms with E-state index in [4.69, 9.17) is 25.9 Å². The van der Waals surface area contributed by atoms with Crippen LogP contribution in [0.3, 0.4) is 0 Å². The van der Waals surface area contributed by atoms with Crippen LogP contribution in [0.2, 0.25) is 5.02 Å². The summed E-state index contributed by atoms with van der Waals surface area (Å²) in [7, 11) is 0. The summed E-state index contributed by atoms with van der Waals surface area (Å²) in [5.41, 5.74) is 7.45. The molecule has 0 atom stereocenters. The van der Waals surface area contributed by atoms with Crippen molar-refractivity contribution in [1.29, 1.82) is 0 Å². The summed E-state index contributed by atoms with van der Waals surface area (Å²) < 4.78 is 5.94. The Bertz CT molecular complexity index is 1300. The van der Waals surface area contributed by atoms with Crippen molar-refractivity contribution in [3.8, 4) is 22.9 Å². The average molecular weight is 462 g/mol. The standard InChI is InChI=1S/C25H24ClN3O.CO2/c1-16-5-10-20(13-17(16)2)30-25-27-23-14-21(22(26)15-24(23)28-25)18-6-8-19(9-7-18)29-11-3-4-12-29;2-1-3/h5-10,13-15H,3-4,11-12H2,1-2H3,(H,27,28);. The molecule has 7 heteroatoms. The maximum Gasteiger partial charge on any atom is 0.373 e. The van der Waals surface area contributed by atoms with Gasteiger partial charge in [0.1, 0.15) is 5.75 Å². The van der Waals surface area contributed by atoms with E-state index in [1.165, 1.54) is 29.7 Å². The molecule has 5 rings (SSSR count). The number of anilines is 1. The van der Waals surface area contributed by atoms with Gasteiger partial charge in [-0.1, -0.05) is 29.8 Å². The van der Waals surface area contributed by atoms with Crippen LogP contribution in [0.5, 0.6) is 11.8 Å². The molecule has 1 N–H and O–H groups in total. The number of nitrogens with one attached hydrogen (secondary N) is 1. The number of halogens is 1. The van der Waals surface area contributed by atoms with E-state index in [0.29, 0.717) is 11.0 Å². The zero-order chi connectivity index (χ0) is 23.4. The van der Waals surface area contributed by atoms with Crippen molar-refractivity contribution in [2.45, 2.75) is 26.7 Å². The minimum atomic E-state index is 0.250. The number of aromatic amines is 1. The second-order valence-electron chi connectivity index (χ2n) is 8.06. The molecule has 1 aromatic heterocycles. The molecule has 0 bridgehead atoms. The number of H-pyrrole nitrogens is 1. The van der Waals surface area contributed by atoms with Gasteiger partial charge in [0.25, 0.3) is 6.01 Å². The molecule has 0 amide bonds. The number of hydrogen-bond acceptors (Lipinski definition) is 5. The lowest BCUT2D eigenvalue weighted by Gasteiger charge is -2.17. The van der Waals surface area contributed by atoms with Crippen LogP contribution in [0.4, 0.5) is 5.69 Å². The molecule has 3 aromatic carbocycles. The molecule has 0 unspecified atom stereocenters. The zero-order valence-electron chi connectivity index (χ0n) is 18.5. The number of benzene rings is 3. The van der Waals surface area contributed by atoms with E-state index in [1.54, 1.807) is 0 Å². The van der Waals surface area contributed by atoms with E-state index >= 15 is 0 Å². The third-order valence-corrected chi connectivity index (χ3v) is 6.20. The molecule has 0 spiro atoms. The van der Waals surface area contributed by atoms with Crippen LogP contribution in [0, 0.1) is 13.8 Å². The van der Waals surface area contributed by atoms with Crippen molar-refractivity contribution in [3.05, 3.63) is 70.7 Å². The van der Waals surface area contributed by atoms with E-state index in [2.05, 4.69) is 53.0 Å². The first-order valence-corrected chi connectivity index (χ1v) is 11.2. The molecular formula is C26H24ClN3O3. The fraction of sp³-hybridized carbons (Fsp3) is 0.231. The maximum absolute atomic E-state index is 8.12. The van der Waals surface area contributed by atoms with Crippen molar-refractivity contribution < 1.29 is 14.3 Å². The Hall–Kier alpha value is -3.60. The summed E-state index contributed by atoms with van der Waals surface area (Å²) in [6, 6.07) is 19.1. The van der Waals surface area contributed by atoms with Gasteiger partial charge in [-0.3, -0.25) is 0 Å². The van der Waals surface area contributed by atoms with Gasteiger partial charge in [-0.15, -0.1) is 0 Å². The first-order chi connectivity index (χ1) is 16.0. The molecule has 0 radical (unpaired) electrons. The third-order valence-electron chi connectivity index (χ3n) is 5.89. The predicted octanol–water partition coefficient (Wildman–Crippen LogP) is 6.31. The quantitative estimate of drug-likeness (QED) is 0.385. The van der Waals surface area contributed by atoms with Crippen LogP contribution >= 0.6 is 11.6 Å². The number of rotatable bonds is 4. The maximum atomic E-state index is 8.12. The first kappa shape index (κ1) is 22.6. The van der Waals surface area contributed by atoms with Crippen molar-refractivity contribution >= 4 is 34.5 Å². The molecule has 168 valence electrons. The van der Waals surface area contributed by atoms with Gasteiger partial charge in [0, 0.05) is 24.3 Å². The van der Waals surface area contributed by atoms with Gasteiger partial charge in [0.15, 0.2) is 0 Å². The van der Waals surface area contributed by atoms with Gasteiger partial charge in [-0.2, -0.15) is 14.6 Å².